The molecule has 2 fully saturated rings. The molecule has 1 saturated carbocycles. The maximum atomic E-state index is 12.1. The minimum atomic E-state index is -0.620. The SMILES string of the molecule is O=C1CC(=O)OC(CCc2ccc(O)cc2)(C2CCCCC2)C1. The first-order valence-electron chi connectivity index (χ1n) is 8.59. The molecule has 1 aromatic carbocycles. The Hall–Kier alpha value is -1.84. The standard InChI is InChI=1S/C19H24O4/c20-16-8-6-14(7-9-16)10-11-19(15-4-2-1-3-5-15)13-17(21)12-18(22)23-19/h6-9,15,20H,1-5,10-13H2. The highest BCUT2D eigenvalue weighted by atomic mass is 16.6. The van der Waals surface area contributed by atoms with Gasteiger partial charge in [-0.15, -0.1) is 0 Å². The van der Waals surface area contributed by atoms with Crippen LogP contribution in [0.4, 0.5) is 0 Å². The number of ketones is 1. The molecule has 4 heteroatoms. The topological polar surface area (TPSA) is 63.6 Å². The summed E-state index contributed by atoms with van der Waals surface area (Å²) < 4.78 is 5.82. The van der Waals surface area contributed by atoms with Gasteiger partial charge in [0.15, 0.2) is 0 Å². The molecule has 1 saturated heterocycles. The third-order valence-electron chi connectivity index (χ3n) is 5.28. The molecular weight excluding hydrogens is 292 g/mol. The van der Waals surface area contributed by atoms with Crippen LogP contribution in [0.3, 0.4) is 0 Å². The van der Waals surface area contributed by atoms with Gasteiger partial charge in [0.05, 0.1) is 0 Å². The van der Waals surface area contributed by atoms with Crippen LogP contribution in [-0.2, 0) is 20.7 Å². The van der Waals surface area contributed by atoms with E-state index in [1.807, 2.05) is 12.1 Å². The zero-order valence-corrected chi connectivity index (χ0v) is 13.4. The number of esters is 1. The van der Waals surface area contributed by atoms with Gasteiger partial charge in [-0.1, -0.05) is 31.4 Å². The van der Waals surface area contributed by atoms with Crippen LogP contribution in [0.25, 0.3) is 0 Å². The van der Waals surface area contributed by atoms with Gasteiger partial charge in [-0.3, -0.25) is 9.59 Å². The van der Waals surface area contributed by atoms with Crippen molar-refractivity contribution in [2.45, 2.75) is 63.4 Å². The molecule has 0 spiro atoms. The highest BCUT2D eigenvalue weighted by Gasteiger charge is 2.47. The van der Waals surface area contributed by atoms with Gasteiger partial charge in [-0.25, -0.2) is 0 Å². The van der Waals surface area contributed by atoms with E-state index in [1.54, 1.807) is 12.1 Å². The summed E-state index contributed by atoms with van der Waals surface area (Å²) in [5.74, 6) is 0.187. The number of Topliss-reactive ketones (excluding diaryl/α,β-unsaturated/α-hetero) is 1. The van der Waals surface area contributed by atoms with Gasteiger partial charge in [-0.05, 0) is 49.3 Å². The number of aromatic hydroxyl groups is 1. The zero-order chi connectivity index (χ0) is 16.3. The Morgan fingerprint density at radius 1 is 1.09 bits per heavy atom. The van der Waals surface area contributed by atoms with Crippen molar-refractivity contribution in [3.8, 4) is 5.75 Å². The van der Waals surface area contributed by atoms with Crippen molar-refractivity contribution in [1.29, 1.82) is 0 Å². The number of aryl methyl sites for hydroxylation is 1. The maximum absolute atomic E-state index is 12.1. The molecule has 3 rings (SSSR count). The Morgan fingerprint density at radius 2 is 1.78 bits per heavy atom. The molecule has 0 bridgehead atoms. The monoisotopic (exact) mass is 316 g/mol. The molecular formula is C19H24O4. The Morgan fingerprint density at radius 3 is 2.43 bits per heavy atom. The molecule has 1 aliphatic heterocycles. The van der Waals surface area contributed by atoms with Crippen molar-refractivity contribution in [3.63, 3.8) is 0 Å². The molecule has 1 unspecified atom stereocenters. The third-order valence-corrected chi connectivity index (χ3v) is 5.28. The van der Waals surface area contributed by atoms with Crippen molar-refractivity contribution < 1.29 is 19.4 Å². The summed E-state index contributed by atoms with van der Waals surface area (Å²) in [6.07, 6.45) is 7.32. The first kappa shape index (κ1) is 16.0. The number of hydrogen-bond donors (Lipinski definition) is 1. The summed E-state index contributed by atoms with van der Waals surface area (Å²) in [4.78, 5) is 24.0. The van der Waals surface area contributed by atoms with Gasteiger partial charge in [-0.2, -0.15) is 0 Å². The Bertz CT molecular complexity index is 554. The van der Waals surface area contributed by atoms with Gasteiger partial charge in [0.1, 0.15) is 23.6 Å². The number of hydrogen-bond acceptors (Lipinski definition) is 4. The summed E-state index contributed by atoms with van der Waals surface area (Å²) in [6, 6.07) is 7.11. The average Bonchev–Trinajstić information content (AvgIpc) is 2.54. The molecule has 1 N–H and O–H groups in total. The van der Waals surface area contributed by atoms with E-state index in [9.17, 15) is 14.7 Å². The van der Waals surface area contributed by atoms with Crippen LogP contribution in [0.1, 0.15) is 56.9 Å². The Balaban J connectivity index is 1.78. The van der Waals surface area contributed by atoms with E-state index in [0.29, 0.717) is 18.8 Å². The fourth-order valence-electron chi connectivity index (χ4n) is 4.07. The van der Waals surface area contributed by atoms with Crippen LogP contribution < -0.4 is 0 Å². The molecule has 1 aromatic rings. The zero-order valence-electron chi connectivity index (χ0n) is 13.4. The van der Waals surface area contributed by atoms with Gasteiger partial charge in [0, 0.05) is 6.42 Å². The van der Waals surface area contributed by atoms with E-state index in [1.165, 1.54) is 6.42 Å². The largest absolute Gasteiger partial charge is 0.508 e. The van der Waals surface area contributed by atoms with E-state index in [0.717, 1.165) is 37.7 Å². The number of carbonyl (C=O) groups excluding carboxylic acids is 2. The number of carbonyl (C=O) groups is 2. The summed E-state index contributed by atoms with van der Waals surface area (Å²) >= 11 is 0. The molecule has 2 aliphatic rings. The fraction of sp³-hybridized carbons (Fsp3) is 0.579. The molecule has 0 amide bonds. The van der Waals surface area contributed by atoms with E-state index in [-0.39, 0.29) is 23.9 Å². The number of phenolic OH excluding ortho intramolecular Hbond substituents is 1. The first-order chi connectivity index (χ1) is 11.1. The highest BCUT2D eigenvalue weighted by molar-refractivity contribution is 5.98. The Kier molecular flexibility index (Phi) is 4.69. The fourth-order valence-corrected chi connectivity index (χ4v) is 4.07. The lowest BCUT2D eigenvalue weighted by Crippen LogP contribution is -2.49. The maximum Gasteiger partial charge on any atom is 0.313 e. The van der Waals surface area contributed by atoms with Gasteiger partial charge in [0.2, 0.25) is 0 Å². The summed E-state index contributed by atoms with van der Waals surface area (Å²) in [7, 11) is 0. The minimum absolute atomic E-state index is 0.0116. The smallest absolute Gasteiger partial charge is 0.313 e. The second-order valence-corrected chi connectivity index (χ2v) is 6.93. The van der Waals surface area contributed by atoms with Gasteiger partial charge >= 0.3 is 5.97 Å². The Labute approximate surface area is 136 Å². The van der Waals surface area contributed by atoms with Crippen molar-refractivity contribution >= 4 is 11.8 Å². The minimum Gasteiger partial charge on any atom is -0.508 e. The number of benzene rings is 1. The second-order valence-electron chi connectivity index (χ2n) is 6.93. The van der Waals surface area contributed by atoms with Crippen LogP contribution in [0.5, 0.6) is 5.75 Å². The molecule has 4 nitrogen and oxygen atoms in total. The van der Waals surface area contributed by atoms with Gasteiger partial charge in [0.25, 0.3) is 0 Å². The number of phenols is 1. The first-order valence-corrected chi connectivity index (χ1v) is 8.59. The van der Waals surface area contributed by atoms with Crippen molar-refractivity contribution in [1.82, 2.24) is 0 Å². The normalized spacial score (nSPS) is 26.1. The van der Waals surface area contributed by atoms with Gasteiger partial charge < -0.3 is 9.84 Å². The molecule has 124 valence electrons. The summed E-state index contributed by atoms with van der Waals surface area (Å²) in [5.41, 5.74) is 0.470. The van der Waals surface area contributed by atoms with E-state index < -0.39 is 5.60 Å². The second kappa shape index (κ2) is 6.73. The van der Waals surface area contributed by atoms with E-state index in [2.05, 4.69) is 0 Å². The molecule has 0 aromatic heterocycles. The lowest BCUT2D eigenvalue weighted by atomic mass is 9.70. The van der Waals surface area contributed by atoms with Crippen molar-refractivity contribution in [3.05, 3.63) is 29.8 Å². The summed E-state index contributed by atoms with van der Waals surface area (Å²) in [6.45, 7) is 0. The van der Waals surface area contributed by atoms with Crippen molar-refractivity contribution in [2.24, 2.45) is 5.92 Å². The number of ether oxygens (including phenoxy) is 1. The molecule has 1 atom stereocenters. The lowest BCUT2D eigenvalue weighted by Gasteiger charge is -2.44. The summed E-state index contributed by atoms with van der Waals surface area (Å²) in [5, 5.41) is 9.38. The molecule has 0 radical (unpaired) electrons. The van der Waals surface area contributed by atoms with E-state index in [4.69, 9.17) is 4.74 Å². The molecule has 1 aliphatic carbocycles. The number of cyclic esters (lactones) is 1. The predicted octanol–water partition coefficient (Wildman–Crippen LogP) is 3.55. The molecule has 23 heavy (non-hydrogen) atoms. The van der Waals surface area contributed by atoms with Crippen LogP contribution in [0.2, 0.25) is 0 Å². The third kappa shape index (κ3) is 3.74. The predicted molar refractivity (Wildman–Crippen MR) is 86.1 cm³/mol. The highest BCUT2D eigenvalue weighted by Crippen LogP contribution is 2.42. The van der Waals surface area contributed by atoms with E-state index >= 15 is 0 Å². The molecule has 1 heterocycles. The quantitative estimate of drug-likeness (QED) is 0.681. The van der Waals surface area contributed by atoms with Crippen LogP contribution in [-0.4, -0.2) is 22.5 Å². The van der Waals surface area contributed by atoms with Crippen LogP contribution >= 0.6 is 0 Å². The number of rotatable bonds is 4. The lowest BCUT2D eigenvalue weighted by molar-refractivity contribution is -0.180. The average molecular weight is 316 g/mol. The van der Waals surface area contributed by atoms with Crippen molar-refractivity contribution in [2.75, 3.05) is 0 Å². The van der Waals surface area contributed by atoms with Crippen LogP contribution in [0, 0.1) is 5.92 Å². The van der Waals surface area contributed by atoms with Crippen LogP contribution in [0.15, 0.2) is 24.3 Å².